The zero-order valence-corrected chi connectivity index (χ0v) is 13.8. The molecule has 0 amide bonds. The minimum absolute atomic E-state index is 0.0245. The third-order valence-corrected chi connectivity index (χ3v) is 5.51. The first kappa shape index (κ1) is 18.7. The van der Waals surface area contributed by atoms with E-state index in [4.69, 9.17) is 14.2 Å². The summed E-state index contributed by atoms with van der Waals surface area (Å²) in [5.41, 5.74) is -1.26. The fourth-order valence-corrected chi connectivity index (χ4v) is 3.98. The Morgan fingerprint density at radius 3 is 2.64 bits per heavy atom. The van der Waals surface area contributed by atoms with Gasteiger partial charge in [-0.3, -0.25) is 4.79 Å². The molecule has 1 saturated carbocycles. The van der Waals surface area contributed by atoms with Crippen LogP contribution >= 0.6 is 0 Å². The molecule has 2 fully saturated rings. The van der Waals surface area contributed by atoms with Crippen LogP contribution in [0.4, 0.5) is 0 Å². The fourth-order valence-electron chi connectivity index (χ4n) is 3.98. The van der Waals surface area contributed by atoms with Gasteiger partial charge in [-0.2, -0.15) is 0 Å². The van der Waals surface area contributed by atoms with E-state index in [1.54, 1.807) is 0 Å². The molecule has 9 nitrogen and oxygen atoms in total. The van der Waals surface area contributed by atoms with Crippen LogP contribution < -0.4 is 0 Å². The van der Waals surface area contributed by atoms with E-state index in [-0.39, 0.29) is 11.5 Å². The molecule has 5 N–H and O–H groups in total. The number of carbonyl (C=O) groups excluding carboxylic acids is 1. The SMILES string of the molecule is C[C@@H]1CC[C@@]2(O)C(C=O)=CO[C@H](O[C@@H]3O[C@H](CO)[C@@H](O)[C@H](O)[C@H]3O)[C@@H]12. The lowest BCUT2D eigenvalue weighted by Gasteiger charge is -2.44. The van der Waals surface area contributed by atoms with Gasteiger partial charge in [0.05, 0.1) is 24.4 Å². The summed E-state index contributed by atoms with van der Waals surface area (Å²) in [4.78, 5) is 11.2. The van der Waals surface area contributed by atoms with Gasteiger partial charge in [0.1, 0.15) is 30.0 Å². The van der Waals surface area contributed by atoms with Crippen LogP contribution in [0.2, 0.25) is 0 Å². The van der Waals surface area contributed by atoms with Crippen molar-refractivity contribution in [3.8, 4) is 0 Å². The number of hydrogen-bond donors (Lipinski definition) is 5. The molecule has 142 valence electrons. The molecule has 0 radical (unpaired) electrons. The van der Waals surface area contributed by atoms with Gasteiger partial charge in [-0.05, 0) is 18.8 Å². The predicted molar refractivity (Wildman–Crippen MR) is 80.7 cm³/mol. The van der Waals surface area contributed by atoms with Crippen LogP contribution in [0.5, 0.6) is 0 Å². The zero-order chi connectivity index (χ0) is 18.4. The van der Waals surface area contributed by atoms with Crippen molar-refractivity contribution in [1.82, 2.24) is 0 Å². The van der Waals surface area contributed by atoms with Gasteiger partial charge in [0.2, 0.25) is 6.29 Å². The maximum Gasteiger partial charge on any atom is 0.207 e. The Hall–Kier alpha value is -1.07. The fraction of sp³-hybridized carbons (Fsp3) is 0.812. The summed E-state index contributed by atoms with van der Waals surface area (Å²) in [6.45, 7) is 1.32. The summed E-state index contributed by atoms with van der Waals surface area (Å²) >= 11 is 0. The highest BCUT2D eigenvalue weighted by Crippen LogP contribution is 2.49. The molecule has 0 unspecified atom stereocenters. The van der Waals surface area contributed by atoms with Crippen molar-refractivity contribution in [3.63, 3.8) is 0 Å². The number of aliphatic hydroxyl groups excluding tert-OH is 4. The van der Waals surface area contributed by atoms with E-state index in [2.05, 4.69) is 0 Å². The summed E-state index contributed by atoms with van der Waals surface area (Å²) in [6.07, 6.45) is -5.40. The Morgan fingerprint density at radius 1 is 1.28 bits per heavy atom. The minimum atomic E-state index is -1.57. The minimum Gasteiger partial charge on any atom is -0.471 e. The summed E-state index contributed by atoms with van der Waals surface area (Å²) in [5, 5.41) is 49.9. The molecule has 0 bridgehead atoms. The Kier molecular flexibility index (Phi) is 5.18. The van der Waals surface area contributed by atoms with Crippen molar-refractivity contribution in [2.75, 3.05) is 6.61 Å². The van der Waals surface area contributed by atoms with E-state index >= 15 is 0 Å². The van der Waals surface area contributed by atoms with Gasteiger partial charge in [-0.15, -0.1) is 0 Å². The second-order valence-electron chi connectivity index (χ2n) is 6.99. The average molecular weight is 360 g/mol. The normalized spacial score (nSPS) is 49.9. The van der Waals surface area contributed by atoms with Crippen LogP contribution in [0.25, 0.3) is 0 Å². The molecule has 0 spiro atoms. The van der Waals surface area contributed by atoms with Gasteiger partial charge < -0.3 is 39.7 Å². The number of aliphatic hydroxyl groups is 5. The van der Waals surface area contributed by atoms with E-state index in [1.807, 2.05) is 6.92 Å². The third-order valence-electron chi connectivity index (χ3n) is 5.51. The number of rotatable bonds is 4. The Balaban J connectivity index is 1.80. The van der Waals surface area contributed by atoms with Gasteiger partial charge in [-0.25, -0.2) is 0 Å². The number of hydrogen-bond acceptors (Lipinski definition) is 9. The van der Waals surface area contributed by atoms with E-state index < -0.39 is 55.1 Å². The average Bonchev–Trinajstić information content (AvgIpc) is 2.91. The lowest BCUT2D eigenvalue weighted by atomic mass is 9.80. The van der Waals surface area contributed by atoms with E-state index in [1.165, 1.54) is 0 Å². The molecule has 3 rings (SSSR count). The highest BCUT2D eigenvalue weighted by molar-refractivity contribution is 5.76. The maximum atomic E-state index is 11.2. The summed E-state index contributed by atoms with van der Waals surface area (Å²) in [6, 6.07) is 0. The molecule has 9 heteroatoms. The summed E-state index contributed by atoms with van der Waals surface area (Å²) < 4.78 is 16.4. The largest absolute Gasteiger partial charge is 0.471 e. The van der Waals surface area contributed by atoms with Crippen molar-refractivity contribution >= 4 is 6.29 Å². The second kappa shape index (κ2) is 6.92. The van der Waals surface area contributed by atoms with Crippen LogP contribution in [0, 0.1) is 11.8 Å². The van der Waals surface area contributed by atoms with Crippen molar-refractivity contribution < 1.29 is 44.5 Å². The number of aldehydes is 1. The lowest BCUT2D eigenvalue weighted by molar-refractivity contribution is -0.346. The highest BCUT2D eigenvalue weighted by atomic mass is 16.8. The van der Waals surface area contributed by atoms with Crippen LogP contribution in [-0.4, -0.2) is 81.0 Å². The Morgan fingerprint density at radius 2 is 2.00 bits per heavy atom. The van der Waals surface area contributed by atoms with Crippen LogP contribution in [-0.2, 0) is 19.0 Å². The van der Waals surface area contributed by atoms with Gasteiger partial charge in [0.25, 0.3) is 0 Å². The molecule has 9 atom stereocenters. The first-order valence-electron chi connectivity index (χ1n) is 8.33. The molecule has 2 heterocycles. The quantitative estimate of drug-likeness (QED) is 0.360. The zero-order valence-electron chi connectivity index (χ0n) is 13.8. The van der Waals surface area contributed by atoms with Gasteiger partial charge in [-0.1, -0.05) is 6.92 Å². The second-order valence-corrected chi connectivity index (χ2v) is 6.99. The van der Waals surface area contributed by atoms with E-state index in [0.717, 1.165) is 6.26 Å². The Bertz CT molecular complexity index is 536. The van der Waals surface area contributed by atoms with E-state index in [0.29, 0.717) is 19.1 Å². The van der Waals surface area contributed by atoms with Crippen molar-refractivity contribution in [3.05, 3.63) is 11.8 Å². The molecular weight excluding hydrogens is 336 g/mol. The van der Waals surface area contributed by atoms with E-state index in [9.17, 15) is 30.3 Å². The lowest BCUT2D eigenvalue weighted by Crippen LogP contribution is -2.61. The van der Waals surface area contributed by atoms with Crippen molar-refractivity contribution in [2.24, 2.45) is 11.8 Å². The molecule has 3 aliphatic rings. The topological polar surface area (TPSA) is 146 Å². The van der Waals surface area contributed by atoms with Crippen molar-refractivity contribution in [1.29, 1.82) is 0 Å². The highest BCUT2D eigenvalue weighted by Gasteiger charge is 2.56. The first-order chi connectivity index (χ1) is 11.8. The monoisotopic (exact) mass is 360 g/mol. The van der Waals surface area contributed by atoms with Crippen LogP contribution in [0.15, 0.2) is 11.8 Å². The van der Waals surface area contributed by atoms with Gasteiger partial charge in [0, 0.05) is 0 Å². The van der Waals surface area contributed by atoms with Crippen LogP contribution in [0.3, 0.4) is 0 Å². The van der Waals surface area contributed by atoms with Crippen molar-refractivity contribution in [2.45, 2.75) is 62.4 Å². The molecule has 0 aromatic heterocycles. The third kappa shape index (κ3) is 2.99. The standard InChI is InChI=1S/C16H24O9/c1-7-2-3-16(22)8(4-17)6-23-14(10(7)16)25-15-13(21)12(20)11(19)9(5-18)24-15/h4,6-7,9-15,18-22H,2-3,5H2,1H3/t7-,9-,10-,11-,12+,13-,14-,15+,16-/m1/s1. The summed E-state index contributed by atoms with van der Waals surface area (Å²) in [5.74, 6) is -0.589. The maximum absolute atomic E-state index is 11.2. The first-order valence-corrected chi connectivity index (χ1v) is 8.33. The molecule has 2 aliphatic heterocycles. The molecule has 0 aromatic rings. The summed E-state index contributed by atoms with van der Waals surface area (Å²) in [7, 11) is 0. The smallest absolute Gasteiger partial charge is 0.207 e. The van der Waals surface area contributed by atoms with Gasteiger partial charge in [0.15, 0.2) is 12.6 Å². The van der Waals surface area contributed by atoms with Gasteiger partial charge >= 0.3 is 0 Å². The number of fused-ring (bicyclic) bond motifs is 1. The molecule has 0 aromatic carbocycles. The predicted octanol–water partition coefficient (Wildman–Crippen LogP) is -1.98. The van der Waals surface area contributed by atoms with Crippen LogP contribution in [0.1, 0.15) is 19.8 Å². The molecule has 25 heavy (non-hydrogen) atoms. The molecule has 1 saturated heterocycles. The Labute approximate surface area is 144 Å². The molecule has 1 aliphatic carbocycles. The number of ether oxygens (including phenoxy) is 3. The number of carbonyl (C=O) groups is 1. The molecular formula is C16H24O9.